The van der Waals surface area contributed by atoms with Crippen LogP contribution >= 0.6 is 0 Å². The number of fused-ring (bicyclic) bond motifs is 3. The highest BCUT2D eigenvalue weighted by Gasteiger charge is 2.51. The van der Waals surface area contributed by atoms with E-state index in [1.54, 1.807) is 25.1 Å². The van der Waals surface area contributed by atoms with Crippen LogP contribution in [0.4, 0.5) is 19.2 Å². The molecule has 2 saturated heterocycles. The zero-order chi connectivity index (χ0) is 32.7. The Morgan fingerprint density at radius 1 is 1.06 bits per heavy atom. The Kier molecular flexibility index (Phi) is 7.00. The van der Waals surface area contributed by atoms with E-state index in [1.165, 1.54) is 18.2 Å². The molecule has 2 bridgehead atoms. The van der Waals surface area contributed by atoms with E-state index in [4.69, 9.17) is 13.9 Å². The number of nitrogens with zero attached hydrogens (tertiary/aromatic N) is 3. The molecule has 2 aliphatic carbocycles. The fraction of sp³-hybridized carbons (Fsp3) is 0.485. The van der Waals surface area contributed by atoms with Gasteiger partial charge in [0.1, 0.15) is 17.0 Å². The first-order chi connectivity index (χ1) is 22.4. The standard InChI is InChI=1S/C33H34F3N5O5S/c1-32(12-13-32)47(43,44)40-30(42)19-8-11-26-27(14-19)45-31(38-26)41-21-9-10-22(41)16-20(15-21)37-17-24-28(39-46-29(24)18-6-7-18)23-4-2-3-5-25(23)33(34,35)36/h2-5,8,11,14,18,20-22,37H,6-7,9-10,12-13,15-17H2,1H3,(H,40,42). The van der Waals surface area contributed by atoms with E-state index in [1.807, 2.05) is 0 Å². The molecule has 248 valence electrons. The maximum absolute atomic E-state index is 13.9. The van der Waals surface area contributed by atoms with Gasteiger partial charge >= 0.3 is 6.18 Å². The van der Waals surface area contributed by atoms with Crippen molar-refractivity contribution in [1.29, 1.82) is 0 Å². The van der Waals surface area contributed by atoms with Gasteiger partial charge < -0.3 is 19.2 Å². The van der Waals surface area contributed by atoms with Crippen LogP contribution in [-0.4, -0.2) is 47.3 Å². The lowest BCUT2D eigenvalue weighted by Crippen LogP contribution is -2.49. The number of hydrogen-bond donors (Lipinski definition) is 2. The summed E-state index contributed by atoms with van der Waals surface area (Å²) in [5, 5.41) is 7.77. The molecule has 0 radical (unpaired) electrons. The summed E-state index contributed by atoms with van der Waals surface area (Å²) in [5.41, 5.74) is 1.37. The average Bonchev–Trinajstić information content (AvgIpc) is 3.91. The first-order valence-corrected chi connectivity index (χ1v) is 17.5. The molecule has 10 nitrogen and oxygen atoms in total. The van der Waals surface area contributed by atoms with Crippen molar-refractivity contribution in [3.8, 4) is 11.3 Å². The number of oxazole rings is 1. The van der Waals surface area contributed by atoms with Crippen LogP contribution in [0, 0.1) is 0 Å². The number of carbonyl (C=O) groups is 1. The quantitative estimate of drug-likeness (QED) is 0.211. The smallest absolute Gasteiger partial charge is 0.417 e. The molecule has 2 aromatic carbocycles. The largest absolute Gasteiger partial charge is 0.423 e. The molecule has 2 unspecified atom stereocenters. The number of alkyl halides is 3. The van der Waals surface area contributed by atoms with Crippen LogP contribution in [0.25, 0.3) is 22.4 Å². The third kappa shape index (κ3) is 5.48. The van der Waals surface area contributed by atoms with E-state index < -0.39 is 32.4 Å². The molecule has 2 atom stereocenters. The van der Waals surface area contributed by atoms with Crippen LogP contribution in [0.2, 0.25) is 0 Å². The lowest BCUT2D eigenvalue weighted by atomic mass is 9.96. The number of amides is 1. The Morgan fingerprint density at radius 2 is 1.79 bits per heavy atom. The van der Waals surface area contributed by atoms with E-state index in [0.29, 0.717) is 47.8 Å². The van der Waals surface area contributed by atoms with Gasteiger partial charge in [0.05, 0.1) is 10.3 Å². The minimum absolute atomic E-state index is 0.0257. The summed E-state index contributed by atoms with van der Waals surface area (Å²) in [6, 6.07) is 11.1. The van der Waals surface area contributed by atoms with Gasteiger partial charge in [-0.05, 0) is 82.6 Å². The normalized spacial score (nSPS) is 23.7. The van der Waals surface area contributed by atoms with Crippen molar-refractivity contribution in [2.24, 2.45) is 0 Å². The molecule has 47 heavy (non-hydrogen) atoms. The van der Waals surface area contributed by atoms with Gasteiger partial charge in [-0.2, -0.15) is 18.2 Å². The van der Waals surface area contributed by atoms with Crippen molar-refractivity contribution in [2.45, 2.75) is 99.8 Å². The SMILES string of the molecule is CC1(S(=O)(=O)NC(=O)c2ccc3nc(N4C5CCC4CC(NCc4c(-c6ccccc6C(F)(F)F)noc4C4CC4)C5)oc3c2)CC1. The minimum atomic E-state index is -4.51. The number of piperidine rings is 1. The number of hydrogen-bond acceptors (Lipinski definition) is 9. The van der Waals surface area contributed by atoms with Crippen LogP contribution in [-0.2, 0) is 22.7 Å². The van der Waals surface area contributed by atoms with Crippen LogP contribution in [0.5, 0.6) is 0 Å². The Morgan fingerprint density at radius 3 is 2.47 bits per heavy atom. The molecule has 2 N–H and O–H groups in total. The van der Waals surface area contributed by atoms with Gasteiger partial charge in [0, 0.05) is 47.3 Å². The summed E-state index contributed by atoms with van der Waals surface area (Å²) in [6.07, 6.45) is 1.85. The fourth-order valence-corrected chi connectivity index (χ4v) is 8.37. The molecule has 2 aromatic heterocycles. The maximum Gasteiger partial charge on any atom is 0.417 e. The Labute approximate surface area is 269 Å². The third-order valence-corrected chi connectivity index (χ3v) is 12.4. The first kappa shape index (κ1) is 30.4. The predicted molar refractivity (Wildman–Crippen MR) is 166 cm³/mol. The van der Waals surface area contributed by atoms with Crippen LogP contribution in [0.1, 0.15) is 91.5 Å². The highest BCUT2D eigenvalue weighted by molar-refractivity contribution is 7.91. The van der Waals surface area contributed by atoms with Crippen LogP contribution in [0.3, 0.4) is 0 Å². The molecular weight excluding hydrogens is 635 g/mol. The number of benzene rings is 2. The highest BCUT2D eigenvalue weighted by Crippen LogP contribution is 2.46. The van der Waals surface area contributed by atoms with Crippen LogP contribution < -0.4 is 14.9 Å². The van der Waals surface area contributed by atoms with Crippen molar-refractivity contribution in [1.82, 2.24) is 20.2 Å². The summed E-state index contributed by atoms with van der Waals surface area (Å²) >= 11 is 0. The number of carbonyl (C=O) groups excluding carboxylic acids is 1. The summed E-state index contributed by atoms with van der Waals surface area (Å²) in [5.74, 6) is 0.150. The Balaban J connectivity index is 0.977. The lowest BCUT2D eigenvalue weighted by Gasteiger charge is -2.38. The van der Waals surface area contributed by atoms with Crippen molar-refractivity contribution in [3.05, 3.63) is 64.9 Å². The predicted octanol–water partition coefficient (Wildman–Crippen LogP) is 6.28. The molecule has 2 saturated carbocycles. The van der Waals surface area contributed by atoms with Gasteiger partial charge in [-0.1, -0.05) is 23.4 Å². The number of sulfonamides is 1. The second-order valence-corrected chi connectivity index (χ2v) is 15.8. The molecule has 4 aromatic rings. The molecule has 2 aliphatic heterocycles. The number of nitrogens with one attached hydrogen (secondary N) is 2. The number of rotatable bonds is 9. The molecule has 0 spiro atoms. The number of halogens is 3. The summed E-state index contributed by atoms with van der Waals surface area (Å²) in [6.45, 7) is 1.97. The minimum Gasteiger partial charge on any atom is -0.423 e. The van der Waals surface area contributed by atoms with E-state index in [-0.39, 0.29) is 40.9 Å². The van der Waals surface area contributed by atoms with Crippen molar-refractivity contribution in [3.63, 3.8) is 0 Å². The zero-order valence-corrected chi connectivity index (χ0v) is 26.5. The van der Waals surface area contributed by atoms with Gasteiger partial charge in [-0.3, -0.25) is 4.79 Å². The van der Waals surface area contributed by atoms with E-state index in [0.717, 1.165) is 44.6 Å². The lowest BCUT2D eigenvalue weighted by molar-refractivity contribution is -0.137. The summed E-state index contributed by atoms with van der Waals surface area (Å²) < 4.78 is 79.8. The monoisotopic (exact) mass is 669 g/mol. The van der Waals surface area contributed by atoms with Gasteiger partial charge in [-0.15, -0.1) is 0 Å². The third-order valence-electron chi connectivity index (χ3n) is 10.2. The molecule has 4 heterocycles. The van der Waals surface area contributed by atoms with Gasteiger partial charge in [0.25, 0.3) is 11.9 Å². The summed E-state index contributed by atoms with van der Waals surface area (Å²) in [7, 11) is -3.77. The van der Waals surface area contributed by atoms with Gasteiger partial charge in [0.15, 0.2) is 5.58 Å². The number of anilines is 1. The molecule has 14 heteroatoms. The van der Waals surface area contributed by atoms with Crippen molar-refractivity contribution < 1.29 is 35.3 Å². The fourth-order valence-electron chi connectivity index (χ4n) is 7.12. The molecule has 8 rings (SSSR count). The molecule has 4 fully saturated rings. The topological polar surface area (TPSA) is 131 Å². The van der Waals surface area contributed by atoms with E-state index in [9.17, 15) is 26.4 Å². The van der Waals surface area contributed by atoms with E-state index in [2.05, 4.69) is 20.1 Å². The van der Waals surface area contributed by atoms with Crippen molar-refractivity contribution in [2.75, 3.05) is 4.90 Å². The highest BCUT2D eigenvalue weighted by atomic mass is 32.2. The summed E-state index contributed by atoms with van der Waals surface area (Å²) in [4.78, 5) is 19.7. The first-order valence-electron chi connectivity index (χ1n) is 16.0. The Hall–Kier alpha value is -3.91. The second-order valence-electron chi connectivity index (χ2n) is 13.6. The molecular formula is C33H34F3N5O5S. The molecule has 1 amide bonds. The van der Waals surface area contributed by atoms with E-state index >= 15 is 0 Å². The average molecular weight is 670 g/mol. The maximum atomic E-state index is 13.9. The Bertz CT molecular complexity index is 1970. The van der Waals surface area contributed by atoms with Crippen molar-refractivity contribution >= 4 is 33.0 Å². The molecule has 4 aliphatic rings. The van der Waals surface area contributed by atoms with Crippen LogP contribution in [0.15, 0.2) is 51.4 Å². The van der Waals surface area contributed by atoms with Gasteiger partial charge in [0.2, 0.25) is 10.0 Å². The second kappa shape index (κ2) is 10.8. The zero-order valence-electron chi connectivity index (χ0n) is 25.6. The van der Waals surface area contributed by atoms with Gasteiger partial charge in [-0.25, -0.2) is 13.1 Å². The number of aromatic nitrogens is 2.